The van der Waals surface area contributed by atoms with Gasteiger partial charge in [0, 0.05) is 45.1 Å². The molecule has 1 aliphatic rings. The van der Waals surface area contributed by atoms with Gasteiger partial charge in [-0.15, -0.1) is 0 Å². The van der Waals surface area contributed by atoms with Gasteiger partial charge in [-0.2, -0.15) is 0 Å². The van der Waals surface area contributed by atoms with Gasteiger partial charge in [0.15, 0.2) is 5.78 Å². The summed E-state index contributed by atoms with van der Waals surface area (Å²) in [7, 11) is 0. The minimum Gasteiger partial charge on any atom is -0.368 e. The van der Waals surface area contributed by atoms with Crippen molar-refractivity contribution in [3.63, 3.8) is 0 Å². The maximum Gasteiger partial charge on any atom is 0.164 e. The zero-order valence-electron chi connectivity index (χ0n) is 14.7. The van der Waals surface area contributed by atoms with E-state index < -0.39 is 5.82 Å². The molecule has 0 spiro atoms. The van der Waals surface area contributed by atoms with E-state index >= 15 is 0 Å². The molecule has 0 saturated carbocycles. The van der Waals surface area contributed by atoms with Gasteiger partial charge in [-0.05, 0) is 31.2 Å². The van der Waals surface area contributed by atoms with E-state index in [4.69, 9.17) is 0 Å². The SMILES string of the molecule is CC(=O)c1c(F)cccc1N1CCN(Cc2cn3ccccc3n2)CC1. The second-order valence-electron chi connectivity index (χ2n) is 6.65. The molecule has 1 fully saturated rings. The number of rotatable bonds is 4. The number of imidazole rings is 1. The van der Waals surface area contributed by atoms with E-state index in [9.17, 15) is 9.18 Å². The third-order valence-corrected chi connectivity index (χ3v) is 4.86. The summed E-state index contributed by atoms with van der Waals surface area (Å²) in [4.78, 5) is 20.9. The Morgan fingerprint density at radius 1 is 1.12 bits per heavy atom. The Hall–Kier alpha value is -2.73. The molecule has 0 radical (unpaired) electrons. The van der Waals surface area contributed by atoms with E-state index in [0.717, 1.165) is 44.1 Å². The Morgan fingerprint density at radius 2 is 1.92 bits per heavy atom. The first kappa shape index (κ1) is 16.7. The fourth-order valence-electron chi connectivity index (χ4n) is 3.56. The number of piperazine rings is 1. The molecule has 2 aromatic heterocycles. The van der Waals surface area contributed by atoms with Crippen molar-refractivity contribution in [1.82, 2.24) is 14.3 Å². The first-order chi connectivity index (χ1) is 12.6. The van der Waals surface area contributed by atoms with Gasteiger partial charge >= 0.3 is 0 Å². The predicted molar refractivity (Wildman–Crippen MR) is 99.1 cm³/mol. The largest absolute Gasteiger partial charge is 0.368 e. The summed E-state index contributed by atoms with van der Waals surface area (Å²) in [6, 6.07) is 10.8. The van der Waals surface area contributed by atoms with Crippen LogP contribution in [0.15, 0.2) is 48.8 Å². The third-order valence-electron chi connectivity index (χ3n) is 4.86. The molecule has 0 bridgehead atoms. The number of carbonyl (C=O) groups is 1. The highest BCUT2D eigenvalue weighted by atomic mass is 19.1. The van der Waals surface area contributed by atoms with Crippen molar-refractivity contribution >= 4 is 17.1 Å². The van der Waals surface area contributed by atoms with Crippen LogP contribution >= 0.6 is 0 Å². The second kappa shape index (κ2) is 6.88. The van der Waals surface area contributed by atoms with Crippen molar-refractivity contribution in [2.24, 2.45) is 0 Å². The molecule has 1 aromatic carbocycles. The molecule has 0 aliphatic carbocycles. The minimum absolute atomic E-state index is 0.196. The van der Waals surface area contributed by atoms with Gasteiger partial charge in [0.2, 0.25) is 0 Å². The van der Waals surface area contributed by atoms with Gasteiger partial charge in [-0.3, -0.25) is 9.69 Å². The lowest BCUT2D eigenvalue weighted by Gasteiger charge is -2.36. The molecule has 1 aliphatic heterocycles. The zero-order chi connectivity index (χ0) is 18.1. The molecule has 1 saturated heterocycles. The molecule has 0 unspecified atom stereocenters. The Kier molecular flexibility index (Phi) is 4.42. The number of pyridine rings is 1. The van der Waals surface area contributed by atoms with Crippen molar-refractivity contribution in [1.29, 1.82) is 0 Å². The standard InChI is InChI=1S/C20H21FN4O/c1-15(26)20-17(21)5-4-6-18(20)24-11-9-23(10-12-24)13-16-14-25-8-3-2-7-19(25)22-16/h2-8,14H,9-13H2,1H3. The molecule has 3 aromatic rings. The van der Waals surface area contributed by atoms with Crippen LogP contribution < -0.4 is 4.90 Å². The molecular formula is C20H21FN4O. The van der Waals surface area contributed by atoms with Crippen LogP contribution in [0.4, 0.5) is 10.1 Å². The fraction of sp³-hybridized carbons (Fsp3) is 0.300. The highest BCUT2D eigenvalue weighted by molar-refractivity contribution is 6.00. The van der Waals surface area contributed by atoms with Crippen LogP contribution in [0.2, 0.25) is 0 Å². The van der Waals surface area contributed by atoms with Gasteiger partial charge in [-0.1, -0.05) is 12.1 Å². The summed E-state index contributed by atoms with van der Waals surface area (Å²) in [5.41, 5.74) is 2.89. The summed E-state index contributed by atoms with van der Waals surface area (Å²) in [5, 5.41) is 0. The number of ketones is 1. The molecule has 0 atom stereocenters. The molecule has 0 N–H and O–H groups in total. The predicted octanol–water partition coefficient (Wildman–Crippen LogP) is 3.00. The summed E-state index contributed by atoms with van der Waals surface area (Å²) in [6.45, 7) is 5.43. The summed E-state index contributed by atoms with van der Waals surface area (Å²) < 4.78 is 16.1. The quantitative estimate of drug-likeness (QED) is 0.677. The first-order valence-corrected chi connectivity index (χ1v) is 8.81. The van der Waals surface area contributed by atoms with Gasteiger partial charge in [-0.25, -0.2) is 9.37 Å². The van der Waals surface area contributed by atoms with Crippen LogP contribution in [0.25, 0.3) is 5.65 Å². The van der Waals surface area contributed by atoms with Crippen LogP contribution in [0.5, 0.6) is 0 Å². The second-order valence-corrected chi connectivity index (χ2v) is 6.65. The van der Waals surface area contributed by atoms with Gasteiger partial charge in [0.05, 0.1) is 16.9 Å². The topological polar surface area (TPSA) is 40.9 Å². The van der Waals surface area contributed by atoms with Crippen molar-refractivity contribution < 1.29 is 9.18 Å². The number of hydrogen-bond acceptors (Lipinski definition) is 4. The zero-order valence-corrected chi connectivity index (χ0v) is 14.7. The maximum atomic E-state index is 14.1. The number of carbonyl (C=O) groups excluding carboxylic acids is 1. The van der Waals surface area contributed by atoms with Crippen molar-refractivity contribution in [3.8, 4) is 0 Å². The first-order valence-electron chi connectivity index (χ1n) is 8.81. The maximum absolute atomic E-state index is 14.1. The van der Waals surface area contributed by atoms with Crippen LogP contribution in [0.1, 0.15) is 23.0 Å². The van der Waals surface area contributed by atoms with Gasteiger partial charge in [0.1, 0.15) is 11.5 Å². The molecule has 0 amide bonds. The van der Waals surface area contributed by atoms with E-state index in [0.29, 0.717) is 5.69 Å². The lowest BCUT2D eigenvalue weighted by atomic mass is 10.1. The summed E-state index contributed by atoms with van der Waals surface area (Å²) in [6.07, 6.45) is 4.05. The number of Topliss-reactive ketones (excluding diaryl/α,β-unsaturated/α-hetero) is 1. The lowest BCUT2D eigenvalue weighted by molar-refractivity contribution is 0.101. The van der Waals surface area contributed by atoms with Gasteiger partial charge < -0.3 is 9.30 Å². The molecule has 3 heterocycles. The molecule has 134 valence electrons. The highest BCUT2D eigenvalue weighted by Gasteiger charge is 2.22. The van der Waals surface area contributed by atoms with Gasteiger partial charge in [0.25, 0.3) is 0 Å². The molecule has 6 heteroatoms. The van der Waals surface area contributed by atoms with Crippen LogP contribution in [0.3, 0.4) is 0 Å². The number of anilines is 1. The third kappa shape index (κ3) is 3.20. The van der Waals surface area contributed by atoms with E-state index in [1.54, 1.807) is 6.07 Å². The number of halogens is 1. The molecule has 26 heavy (non-hydrogen) atoms. The molecule has 5 nitrogen and oxygen atoms in total. The number of fused-ring (bicyclic) bond motifs is 1. The van der Waals surface area contributed by atoms with E-state index in [1.807, 2.05) is 34.9 Å². The van der Waals surface area contributed by atoms with E-state index in [2.05, 4.69) is 21.0 Å². The average Bonchev–Trinajstić information content (AvgIpc) is 3.04. The number of benzene rings is 1. The Labute approximate surface area is 151 Å². The Morgan fingerprint density at radius 3 is 2.65 bits per heavy atom. The molecular weight excluding hydrogens is 331 g/mol. The van der Waals surface area contributed by atoms with Crippen molar-refractivity contribution in [3.05, 3.63) is 65.9 Å². The fourth-order valence-corrected chi connectivity index (χ4v) is 3.56. The van der Waals surface area contributed by atoms with Crippen LogP contribution in [0, 0.1) is 5.82 Å². The van der Waals surface area contributed by atoms with Crippen LogP contribution in [-0.4, -0.2) is 46.2 Å². The minimum atomic E-state index is -0.442. The van der Waals surface area contributed by atoms with E-state index in [-0.39, 0.29) is 11.3 Å². The van der Waals surface area contributed by atoms with E-state index in [1.165, 1.54) is 13.0 Å². The average molecular weight is 352 g/mol. The van der Waals surface area contributed by atoms with Crippen LogP contribution in [-0.2, 0) is 6.54 Å². The number of hydrogen-bond donors (Lipinski definition) is 0. The number of nitrogens with zero attached hydrogens (tertiary/aromatic N) is 4. The Balaban J connectivity index is 1.44. The van der Waals surface area contributed by atoms with Crippen molar-refractivity contribution in [2.75, 3.05) is 31.1 Å². The normalized spacial score (nSPS) is 15.5. The lowest BCUT2D eigenvalue weighted by Crippen LogP contribution is -2.46. The monoisotopic (exact) mass is 352 g/mol. The Bertz CT molecular complexity index is 911. The number of aromatic nitrogens is 2. The summed E-state index contributed by atoms with van der Waals surface area (Å²) >= 11 is 0. The smallest absolute Gasteiger partial charge is 0.164 e. The summed E-state index contributed by atoms with van der Waals surface area (Å²) in [5.74, 6) is -0.674. The van der Waals surface area contributed by atoms with Crippen molar-refractivity contribution in [2.45, 2.75) is 13.5 Å². The highest BCUT2D eigenvalue weighted by Crippen LogP contribution is 2.25. The molecule has 4 rings (SSSR count).